The molecule has 0 aliphatic heterocycles. The summed E-state index contributed by atoms with van der Waals surface area (Å²) in [5, 5.41) is 0.503. The van der Waals surface area contributed by atoms with Gasteiger partial charge in [0.1, 0.15) is 23.1 Å². The van der Waals surface area contributed by atoms with Crippen LogP contribution in [0.4, 0.5) is 8.78 Å². The van der Waals surface area contributed by atoms with Gasteiger partial charge in [-0.2, -0.15) is 0 Å². The van der Waals surface area contributed by atoms with Crippen molar-refractivity contribution in [1.29, 1.82) is 0 Å². The number of benzene rings is 2. The van der Waals surface area contributed by atoms with Gasteiger partial charge in [-0.1, -0.05) is 0 Å². The summed E-state index contributed by atoms with van der Waals surface area (Å²) in [5.41, 5.74) is 1.03. The number of nitrogens with zero attached hydrogens (tertiary/aromatic N) is 2. The van der Waals surface area contributed by atoms with Gasteiger partial charge >= 0.3 is 0 Å². The van der Waals surface area contributed by atoms with Crippen LogP contribution in [0.25, 0.3) is 22.0 Å². The molecule has 0 bridgehead atoms. The quantitative estimate of drug-likeness (QED) is 0.379. The third kappa shape index (κ3) is 5.01. The summed E-state index contributed by atoms with van der Waals surface area (Å²) in [6, 6.07) is 11.3. The summed E-state index contributed by atoms with van der Waals surface area (Å²) < 4.78 is 67.1. The zero-order valence-corrected chi connectivity index (χ0v) is 20.5. The molecule has 0 aliphatic carbocycles. The van der Waals surface area contributed by atoms with Gasteiger partial charge in [-0.3, -0.25) is 4.79 Å². The summed E-state index contributed by atoms with van der Waals surface area (Å²) >= 11 is 0. The molecule has 1 amide bonds. The largest absolute Gasteiger partial charge is 0.494 e. The van der Waals surface area contributed by atoms with Crippen LogP contribution in [-0.4, -0.2) is 43.8 Å². The highest BCUT2D eigenvalue weighted by Gasteiger charge is 2.28. The molecule has 188 valence electrons. The Labute approximate surface area is 206 Å². The van der Waals surface area contributed by atoms with E-state index in [0.717, 1.165) is 24.5 Å². The molecule has 4 aromatic rings. The predicted octanol–water partition coefficient (Wildman–Crippen LogP) is 4.13. The van der Waals surface area contributed by atoms with Crippen molar-refractivity contribution in [2.24, 2.45) is 0 Å². The van der Waals surface area contributed by atoms with Crippen LogP contribution in [0.1, 0.15) is 23.0 Å². The number of sulfonamides is 1. The van der Waals surface area contributed by atoms with Crippen molar-refractivity contribution in [3.05, 3.63) is 77.6 Å². The zero-order chi connectivity index (χ0) is 26.0. The van der Waals surface area contributed by atoms with Crippen LogP contribution in [0.3, 0.4) is 0 Å². The number of rotatable bonds is 8. The number of carbonyl (C=O) groups excluding carboxylic acids is 1. The Bertz CT molecular complexity index is 1570. The molecule has 0 aliphatic rings. The molecule has 0 unspecified atom stereocenters. The van der Waals surface area contributed by atoms with Crippen molar-refractivity contribution in [1.82, 2.24) is 14.3 Å². The second-order valence-corrected chi connectivity index (χ2v) is 9.67. The van der Waals surface area contributed by atoms with E-state index in [-0.39, 0.29) is 23.7 Å². The second kappa shape index (κ2) is 9.94. The average molecular weight is 516 g/mol. The van der Waals surface area contributed by atoms with Gasteiger partial charge < -0.3 is 14.0 Å². The first-order valence-electron chi connectivity index (χ1n) is 10.9. The van der Waals surface area contributed by atoms with Crippen LogP contribution in [0.5, 0.6) is 11.6 Å². The highest BCUT2D eigenvalue weighted by molar-refractivity contribution is 7.89. The van der Waals surface area contributed by atoms with E-state index in [1.807, 2.05) is 11.6 Å². The van der Waals surface area contributed by atoms with Crippen LogP contribution in [0, 0.1) is 11.6 Å². The molecule has 0 saturated heterocycles. The van der Waals surface area contributed by atoms with Crippen molar-refractivity contribution < 1.29 is 31.5 Å². The van der Waals surface area contributed by atoms with Crippen LogP contribution in [0.15, 0.2) is 54.7 Å². The average Bonchev–Trinajstić information content (AvgIpc) is 3.14. The second-order valence-electron chi connectivity index (χ2n) is 7.92. The Morgan fingerprint density at radius 3 is 2.61 bits per heavy atom. The third-order valence-electron chi connectivity index (χ3n) is 5.41. The lowest BCUT2D eigenvalue weighted by atomic mass is 10.0. The molecule has 4 rings (SSSR count). The maximum Gasteiger partial charge on any atom is 0.282 e. The number of carbonyl (C=O) groups is 1. The van der Waals surface area contributed by atoms with Crippen molar-refractivity contribution in [2.45, 2.75) is 13.5 Å². The number of hydrogen-bond acceptors (Lipinski definition) is 6. The van der Waals surface area contributed by atoms with Gasteiger partial charge in [0.05, 0.1) is 26.5 Å². The molecular formula is C25H23F2N3O5S. The molecule has 1 N–H and O–H groups in total. The maximum atomic E-state index is 14.6. The zero-order valence-electron chi connectivity index (χ0n) is 19.7. The lowest BCUT2D eigenvalue weighted by Crippen LogP contribution is -2.31. The van der Waals surface area contributed by atoms with Crippen molar-refractivity contribution in [3.8, 4) is 22.8 Å². The number of ether oxygens (including phenoxy) is 2. The van der Waals surface area contributed by atoms with E-state index in [0.29, 0.717) is 34.4 Å². The summed E-state index contributed by atoms with van der Waals surface area (Å²) in [6.07, 6.45) is 2.35. The monoisotopic (exact) mass is 515 g/mol. The lowest BCUT2D eigenvalue weighted by Gasteiger charge is -2.14. The molecule has 0 fully saturated rings. The van der Waals surface area contributed by atoms with E-state index in [9.17, 15) is 22.0 Å². The lowest BCUT2D eigenvalue weighted by molar-refractivity contribution is 0.0974. The predicted molar refractivity (Wildman–Crippen MR) is 131 cm³/mol. The molecule has 2 heterocycles. The molecule has 2 aromatic carbocycles. The van der Waals surface area contributed by atoms with E-state index in [2.05, 4.69) is 4.98 Å². The molecule has 36 heavy (non-hydrogen) atoms. The SMILES string of the molecule is CCOc1ccc2c(c1)c(-c1cccnc1OC)c(C(=O)NS(C)(=O)=O)n2Cc1cc(F)ccc1F. The first kappa shape index (κ1) is 25.1. The standard InChI is InChI=1S/C25H23F2N3O5S/c1-4-35-17-8-10-21-19(13-17)22(18-6-5-11-28-25(18)34-2)23(24(31)29-36(3,32)33)30(21)14-15-12-16(26)7-9-20(15)27/h5-13H,4,14H2,1-3H3,(H,29,31). The van der Waals surface area contributed by atoms with Gasteiger partial charge in [0.15, 0.2) is 0 Å². The van der Waals surface area contributed by atoms with E-state index in [4.69, 9.17) is 9.47 Å². The van der Waals surface area contributed by atoms with Gasteiger partial charge in [-0.25, -0.2) is 26.9 Å². The number of methoxy groups -OCH3 is 1. The minimum absolute atomic E-state index is 0.0288. The molecule has 0 atom stereocenters. The Balaban J connectivity index is 2.11. The van der Waals surface area contributed by atoms with Gasteiger partial charge in [-0.15, -0.1) is 0 Å². The number of nitrogens with one attached hydrogen (secondary N) is 1. The Morgan fingerprint density at radius 1 is 1.14 bits per heavy atom. The van der Waals surface area contributed by atoms with Crippen molar-refractivity contribution in [2.75, 3.05) is 20.0 Å². The van der Waals surface area contributed by atoms with E-state index >= 15 is 0 Å². The van der Waals surface area contributed by atoms with Crippen LogP contribution < -0.4 is 14.2 Å². The molecule has 8 nitrogen and oxygen atoms in total. The highest BCUT2D eigenvalue weighted by Crippen LogP contribution is 2.40. The number of pyridine rings is 1. The fraction of sp³-hybridized carbons (Fsp3) is 0.200. The fourth-order valence-corrected chi connectivity index (χ4v) is 4.49. The first-order valence-corrected chi connectivity index (χ1v) is 12.8. The van der Waals surface area contributed by atoms with Gasteiger partial charge in [0, 0.05) is 33.8 Å². The van der Waals surface area contributed by atoms with E-state index in [1.54, 1.807) is 30.3 Å². The summed E-state index contributed by atoms with van der Waals surface area (Å²) in [4.78, 5) is 17.6. The normalized spacial score (nSPS) is 11.5. The van der Waals surface area contributed by atoms with E-state index < -0.39 is 27.6 Å². The van der Waals surface area contributed by atoms with E-state index in [1.165, 1.54) is 17.9 Å². The van der Waals surface area contributed by atoms with Crippen LogP contribution in [0.2, 0.25) is 0 Å². The molecule has 0 spiro atoms. The summed E-state index contributed by atoms with van der Waals surface area (Å²) in [5.74, 6) is -1.61. The highest BCUT2D eigenvalue weighted by atomic mass is 32.2. The summed E-state index contributed by atoms with van der Waals surface area (Å²) in [7, 11) is -2.55. The fourth-order valence-electron chi connectivity index (χ4n) is 4.06. The smallest absolute Gasteiger partial charge is 0.282 e. The molecule has 11 heteroatoms. The molecule has 0 saturated carbocycles. The molecule has 0 radical (unpaired) electrons. The topological polar surface area (TPSA) is 99.5 Å². The number of hydrogen-bond donors (Lipinski definition) is 1. The molecule has 2 aromatic heterocycles. The van der Waals surface area contributed by atoms with Gasteiger partial charge in [0.2, 0.25) is 15.9 Å². The first-order chi connectivity index (χ1) is 17.1. The minimum Gasteiger partial charge on any atom is -0.494 e. The third-order valence-corrected chi connectivity index (χ3v) is 5.97. The van der Waals surface area contributed by atoms with Crippen LogP contribution >= 0.6 is 0 Å². The van der Waals surface area contributed by atoms with Gasteiger partial charge in [0.25, 0.3) is 5.91 Å². The number of fused-ring (bicyclic) bond motifs is 1. The number of amides is 1. The van der Waals surface area contributed by atoms with Gasteiger partial charge in [-0.05, 0) is 55.5 Å². The maximum absolute atomic E-state index is 14.6. The van der Waals surface area contributed by atoms with Crippen molar-refractivity contribution >= 4 is 26.8 Å². The number of halogens is 2. The number of aromatic nitrogens is 2. The Hall–Kier alpha value is -3.99. The Kier molecular flexibility index (Phi) is 6.93. The van der Waals surface area contributed by atoms with Crippen molar-refractivity contribution in [3.63, 3.8) is 0 Å². The minimum atomic E-state index is -3.96. The molecular weight excluding hydrogens is 492 g/mol. The van der Waals surface area contributed by atoms with Crippen LogP contribution in [-0.2, 0) is 16.6 Å². The summed E-state index contributed by atoms with van der Waals surface area (Å²) in [6.45, 7) is 1.94. The Morgan fingerprint density at radius 2 is 1.92 bits per heavy atom.